The Morgan fingerprint density at radius 3 is 2.42 bits per heavy atom. The lowest BCUT2D eigenvalue weighted by molar-refractivity contribution is -0.121. The van der Waals surface area contributed by atoms with Gasteiger partial charge in [-0.25, -0.2) is 0 Å². The topological polar surface area (TPSA) is 41.1 Å². The highest BCUT2D eigenvalue weighted by molar-refractivity contribution is 5.85. The molecule has 2 rings (SSSR count). The zero-order valence-electron chi connectivity index (χ0n) is 11.4. The second-order valence-electron chi connectivity index (χ2n) is 5.00. The summed E-state index contributed by atoms with van der Waals surface area (Å²) in [5.41, 5.74) is 2.59. The Hall–Kier alpha value is -1.06. The van der Waals surface area contributed by atoms with Gasteiger partial charge in [0.2, 0.25) is 5.91 Å². The Bertz CT molecular complexity index is 388. The minimum absolute atomic E-state index is 0. The fourth-order valence-electron chi connectivity index (χ4n) is 2.04. The van der Waals surface area contributed by atoms with Gasteiger partial charge in [0.25, 0.3) is 0 Å². The fourth-order valence-corrected chi connectivity index (χ4v) is 2.04. The molecule has 1 aliphatic rings. The maximum Gasteiger partial charge on any atom is 0.220 e. The van der Waals surface area contributed by atoms with E-state index < -0.39 is 0 Å². The molecule has 4 heteroatoms. The summed E-state index contributed by atoms with van der Waals surface area (Å²) in [5.74, 6) is 0.805. The number of hydrogen-bond acceptors (Lipinski definition) is 2. The van der Waals surface area contributed by atoms with Crippen LogP contribution in [-0.4, -0.2) is 25.5 Å². The van der Waals surface area contributed by atoms with E-state index in [1.54, 1.807) is 0 Å². The Balaban J connectivity index is 0.00000180. The van der Waals surface area contributed by atoms with Crippen LogP contribution in [0.15, 0.2) is 24.3 Å². The van der Waals surface area contributed by atoms with Crippen molar-refractivity contribution in [1.82, 2.24) is 10.6 Å². The van der Waals surface area contributed by atoms with Gasteiger partial charge < -0.3 is 10.6 Å². The van der Waals surface area contributed by atoms with Crippen molar-refractivity contribution in [3.8, 4) is 0 Å². The Labute approximate surface area is 121 Å². The first kappa shape index (κ1) is 16.0. The average Bonchev–Trinajstić information content (AvgIpc) is 2.35. The van der Waals surface area contributed by atoms with Crippen LogP contribution in [-0.2, 0) is 17.6 Å². The molecule has 0 bridgehead atoms. The third kappa shape index (κ3) is 5.21. The standard InChI is InChI=1S/C15H22N2O.ClH/c1-2-12-3-5-13(6-4-12)7-8-15(18)17-11-14-9-16-10-14;/h3-6,14,16H,2,7-11H2,1H3,(H,17,18);1H. The van der Waals surface area contributed by atoms with Crippen molar-refractivity contribution >= 4 is 18.3 Å². The third-order valence-electron chi connectivity index (χ3n) is 3.53. The molecule has 0 radical (unpaired) electrons. The largest absolute Gasteiger partial charge is 0.356 e. The molecule has 1 aliphatic heterocycles. The Morgan fingerprint density at radius 2 is 1.89 bits per heavy atom. The van der Waals surface area contributed by atoms with E-state index in [2.05, 4.69) is 41.8 Å². The molecule has 106 valence electrons. The smallest absolute Gasteiger partial charge is 0.220 e. The van der Waals surface area contributed by atoms with E-state index in [4.69, 9.17) is 0 Å². The highest BCUT2D eigenvalue weighted by Crippen LogP contribution is 2.07. The van der Waals surface area contributed by atoms with E-state index >= 15 is 0 Å². The van der Waals surface area contributed by atoms with Crippen molar-refractivity contribution in [2.75, 3.05) is 19.6 Å². The Morgan fingerprint density at radius 1 is 1.26 bits per heavy atom. The fraction of sp³-hybridized carbons (Fsp3) is 0.533. The van der Waals surface area contributed by atoms with E-state index in [1.807, 2.05) is 0 Å². The molecule has 19 heavy (non-hydrogen) atoms. The number of rotatable bonds is 6. The van der Waals surface area contributed by atoms with Gasteiger partial charge in [-0.15, -0.1) is 12.4 Å². The number of carbonyl (C=O) groups excluding carboxylic acids is 1. The lowest BCUT2D eigenvalue weighted by atomic mass is 10.0. The molecule has 0 unspecified atom stereocenters. The minimum Gasteiger partial charge on any atom is -0.356 e. The molecule has 0 aliphatic carbocycles. The van der Waals surface area contributed by atoms with Crippen LogP contribution in [0.25, 0.3) is 0 Å². The van der Waals surface area contributed by atoms with Gasteiger partial charge in [-0.1, -0.05) is 31.2 Å². The van der Waals surface area contributed by atoms with Crippen molar-refractivity contribution in [1.29, 1.82) is 0 Å². The number of halogens is 1. The second kappa shape index (κ2) is 8.18. The summed E-state index contributed by atoms with van der Waals surface area (Å²) in [5, 5.41) is 6.20. The predicted molar refractivity (Wildman–Crippen MR) is 80.8 cm³/mol. The normalized spacial score (nSPS) is 14.4. The molecule has 0 atom stereocenters. The van der Waals surface area contributed by atoms with Gasteiger partial charge in [0, 0.05) is 32.0 Å². The molecule has 1 saturated heterocycles. The number of hydrogen-bond donors (Lipinski definition) is 2. The van der Waals surface area contributed by atoms with Crippen LogP contribution in [0.3, 0.4) is 0 Å². The highest BCUT2D eigenvalue weighted by atomic mass is 35.5. The van der Waals surface area contributed by atoms with Gasteiger partial charge in [0.1, 0.15) is 0 Å². The van der Waals surface area contributed by atoms with Crippen molar-refractivity contribution in [3.63, 3.8) is 0 Å². The predicted octanol–water partition coefficient (Wildman–Crippen LogP) is 1.94. The molecule has 0 spiro atoms. The highest BCUT2D eigenvalue weighted by Gasteiger charge is 2.16. The lowest BCUT2D eigenvalue weighted by Gasteiger charge is -2.27. The lowest BCUT2D eigenvalue weighted by Crippen LogP contribution is -2.48. The van der Waals surface area contributed by atoms with Gasteiger partial charge in [-0.3, -0.25) is 4.79 Å². The molecule has 2 N–H and O–H groups in total. The second-order valence-corrected chi connectivity index (χ2v) is 5.00. The molecule has 1 fully saturated rings. The van der Waals surface area contributed by atoms with E-state index in [0.717, 1.165) is 32.5 Å². The maximum atomic E-state index is 11.7. The van der Waals surface area contributed by atoms with Crippen molar-refractivity contribution in [2.24, 2.45) is 5.92 Å². The summed E-state index contributed by atoms with van der Waals surface area (Å²) >= 11 is 0. The van der Waals surface area contributed by atoms with Crippen LogP contribution in [0.1, 0.15) is 24.5 Å². The van der Waals surface area contributed by atoms with E-state index in [1.165, 1.54) is 11.1 Å². The minimum atomic E-state index is 0. The van der Waals surface area contributed by atoms with Crippen LogP contribution in [0, 0.1) is 5.92 Å². The zero-order valence-corrected chi connectivity index (χ0v) is 12.3. The quantitative estimate of drug-likeness (QED) is 0.837. The number of amides is 1. The van der Waals surface area contributed by atoms with Gasteiger partial charge in [-0.2, -0.15) is 0 Å². The number of aryl methyl sites for hydroxylation is 2. The van der Waals surface area contributed by atoms with Crippen LogP contribution in [0.5, 0.6) is 0 Å². The Kier molecular flexibility index (Phi) is 6.89. The summed E-state index contributed by atoms with van der Waals surface area (Å²) in [6, 6.07) is 8.55. The molecule has 1 aromatic carbocycles. The summed E-state index contributed by atoms with van der Waals surface area (Å²) < 4.78 is 0. The van der Waals surface area contributed by atoms with Gasteiger partial charge in [-0.05, 0) is 24.0 Å². The molecule has 0 aromatic heterocycles. The maximum absolute atomic E-state index is 11.7. The monoisotopic (exact) mass is 282 g/mol. The first-order valence-corrected chi connectivity index (χ1v) is 6.83. The SMILES string of the molecule is CCc1ccc(CCC(=O)NCC2CNC2)cc1.Cl. The first-order chi connectivity index (χ1) is 8.78. The number of carbonyl (C=O) groups is 1. The third-order valence-corrected chi connectivity index (χ3v) is 3.53. The molecule has 0 saturated carbocycles. The molecule has 1 heterocycles. The zero-order chi connectivity index (χ0) is 12.8. The van der Waals surface area contributed by atoms with E-state index in [9.17, 15) is 4.79 Å². The molecular weight excluding hydrogens is 260 g/mol. The molecule has 1 amide bonds. The van der Waals surface area contributed by atoms with E-state index in [-0.39, 0.29) is 18.3 Å². The van der Waals surface area contributed by atoms with Gasteiger partial charge in [0.05, 0.1) is 0 Å². The summed E-state index contributed by atoms with van der Waals surface area (Å²) in [7, 11) is 0. The van der Waals surface area contributed by atoms with Gasteiger partial charge >= 0.3 is 0 Å². The van der Waals surface area contributed by atoms with Crippen molar-refractivity contribution in [3.05, 3.63) is 35.4 Å². The number of benzene rings is 1. The number of nitrogens with one attached hydrogen (secondary N) is 2. The van der Waals surface area contributed by atoms with Crippen molar-refractivity contribution in [2.45, 2.75) is 26.2 Å². The van der Waals surface area contributed by atoms with E-state index in [0.29, 0.717) is 12.3 Å². The van der Waals surface area contributed by atoms with Crippen LogP contribution >= 0.6 is 12.4 Å². The summed E-state index contributed by atoms with van der Waals surface area (Å²) in [4.78, 5) is 11.7. The van der Waals surface area contributed by atoms with Crippen LogP contribution in [0.2, 0.25) is 0 Å². The van der Waals surface area contributed by atoms with Crippen LogP contribution in [0.4, 0.5) is 0 Å². The van der Waals surface area contributed by atoms with Crippen molar-refractivity contribution < 1.29 is 4.79 Å². The molecule has 3 nitrogen and oxygen atoms in total. The average molecular weight is 283 g/mol. The molecule has 1 aromatic rings. The molecular formula is C15H23ClN2O. The van der Waals surface area contributed by atoms with Crippen LogP contribution < -0.4 is 10.6 Å². The van der Waals surface area contributed by atoms with Gasteiger partial charge in [0.15, 0.2) is 0 Å². The first-order valence-electron chi connectivity index (χ1n) is 6.83. The summed E-state index contributed by atoms with van der Waals surface area (Å²) in [6.07, 6.45) is 2.49. The summed E-state index contributed by atoms with van der Waals surface area (Å²) in [6.45, 7) is 5.05.